The van der Waals surface area contributed by atoms with Crippen molar-refractivity contribution in [2.45, 2.75) is 13.8 Å². The summed E-state index contributed by atoms with van der Waals surface area (Å²) in [7, 11) is 0. The van der Waals surface area contributed by atoms with Crippen LogP contribution in [-0.2, 0) is 4.74 Å². The van der Waals surface area contributed by atoms with Gasteiger partial charge in [-0.1, -0.05) is 13.8 Å². The lowest BCUT2D eigenvalue weighted by atomic mass is 10.2. The van der Waals surface area contributed by atoms with Crippen LogP contribution in [0.3, 0.4) is 0 Å². The summed E-state index contributed by atoms with van der Waals surface area (Å²) >= 11 is 0. The van der Waals surface area contributed by atoms with Gasteiger partial charge in [-0.05, 0) is 5.92 Å². The van der Waals surface area contributed by atoms with E-state index in [1.54, 1.807) is 0 Å². The van der Waals surface area contributed by atoms with Gasteiger partial charge < -0.3 is 10.1 Å². The maximum atomic E-state index is 8.06. The minimum absolute atomic E-state index is 0.571. The van der Waals surface area contributed by atoms with Gasteiger partial charge >= 0.3 is 0 Å². The first-order valence-electron chi connectivity index (χ1n) is 3.47. The molecule has 0 aliphatic rings. The molecule has 0 fully saturated rings. The van der Waals surface area contributed by atoms with Crippen LogP contribution in [0.5, 0.6) is 0 Å². The lowest BCUT2D eigenvalue weighted by Crippen LogP contribution is -2.15. The molecule has 3 nitrogen and oxygen atoms in total. The van der Waals surface area contributed by atoms with Gasteiger partial charge in [0.2, 0.25) is 0 Å². The zero-order chi connectivity index (χ0) is 7.82. The van der Waals surface area contributed by atoms with E-state index in [-0.39, 0.29) is 0 Å². The van der Waals surface area contributed by atoms with Crippen LogP contribution in [0, 0.1) is 17.4 Å². The first-order valence-corrected chi connectivity index (χ1v) is 3.47. The van der Waals surface area contributed by atoms with Gasteiger partial charge in [-0.25, -0.2) is 0 Å². The third-order valence-electron chi connectivity index (χ3n) is 0.902. The van der Waals surface area contributed by atoms with Crippen LogP contribution in [0.4, 0.5) is 0 Å². The predicted octanol–water partition coefficient (Wildman–Crippen LogP) is 0.730. The van der Waals surface area contributed by atoms with E-state index in [0.717, 1.165) is 6.61 Å². The Morgan fingerprint density at radius 3 is 2.80 bits per heavy atom. The van der Waals surface area contributed by atoms with E-state index in [1.807, 2.05) is 6.19 Å². The Kier molecular flexibility index (Phi) is 5.89. The molecule has 0 radical (unpaired) electrons. The van der Waals surface area contributed by atoms with Crippen molar-refractivity contribution in [3.63, 3.8) is 0 Å². The molecule has 0 saturated heterocycles. The molecule has 0 spiro atoms. The van der Waals surface area contributed by atoms with Crippen LogP contribution in [0.2, 0.25) is 0 Å². The van der Waals surface area contributed by atoms with Crippen molar-refractivity contribution in [2.24, 2.45) is 5.92 Å². The highest BCUT2D eigenvalue weighted by atomic mass is 16.5. The van der Waals surface area contributed by atoms with Crippen molar-refractivity contribution < 1.29 is 4.74 Å². The zero-order valence-corrected chi connectivity index (χ0v) is 6.55. The molecule has 3 heteroatoms. The fraction of sp³-hybridized carbons (Fsp3) is 0.857. The minimum atomic E-state index is 0.571. The van der Waals surface area contributed by atoms with Crippen LogP contribution < -0.4 is 5.32 Å². The van der Waals surface area contributed by atoms with Gasteiger partial charge in [-0.2, -0.15) is 5.26 Å². The fourth-order valence-corrected chi connectivity index (χ4v) is 0.498. The number of nitriles is 1. The number of hydrogen-bond donors (Lipinski definition) is 1. The molecule has 0 saturated carbocycles. The maximum Gasteiger partial charge on any atom is 0.176 e. The van der Waals surface area contributed by atoms with E-state index in [0.29, 0.717) is 19.1 Å². The molecular weight excluding hydrogens is 128 g/mol. The summed E-state index contributed by atoms with van der Waals surface area (Å²) in [5.74, 6) is 0.571. The van der Waals surface area contributed by atoms with E-state index in [4.69, 9.17) is 10.00 Å². The monoisotopic (exact) mass is 142 g/mol. The maximum absolute atomic E-state index is 8.06. The Bertz CT molecular complexity index is 107. The summed E-state index contributed by atoms with van der Waals surface area (Å²) in [6.07, 6.45) is 1.83. The van der Waals surface area contributed by atoms with Gasteiger partial charge in [0.05, 0.1) is 6.61 Å². The van der Waals surface area contributed by atoms with Crippen molar-refractivity contribution >= 4 is 0 Å². The van der Waals surface area contributed by atoms with Crippen LogP contribution in [0.25, 0.3) is 0 Å². The molecule has 0 heterocycles. The Balaban J connectivity index is 2.86. The summed E-state index contributed by atoms with van der Waals surface area (Å²) in [6, 6.07) is 0. The lowest BCUT2D eigenvalue weighted by molar-refractivity contribution is 0.114. The molecule has 0 bridgehead atoms. The van der Waals surface area contributed by atoms with E-state index in [1.165, 1.54) is 0 Å². The molecule has 0 aromatic rings. The second-order valence-electron chi connectivity index (χ2n) is 2.51. The third kappa shape index (κ3) is 7.25. The summed E-state index contributed by atoms with van der Waals surface area (Å²) < 4.78 is 5.18. The molecule has 0 aromatic carbocycles. The molecule has 58 valence electrons. The van der Waals surface area contributed by atoms with Crippen molar-refractivity contribution in [1.82, 2.24) is 5.32 Å². The van der Waals surface area contributed by atoms with Crippen LogP contribution in [0.1, 0.15) is 13.8 Å². The highest BCUT2D eigenvalue weighted by Crippen LogP contribution is 1.90. The van der Waals surface area contributed by atoms with Gasteiger partial charge in [-0.3, -0.25) is 0 Å². The van der Waals surface area contributed by atoms with Gasteiger partial charge in [-0.15, -0.1) is 0 Å². The molecular formula is C7H14N2O. The van der Waals surface area contributed by atoms with Crippen LogP contribution in [0.15, 0.2) is 0 Å². The summed E-state index contributed by atoms with van der Waals surface area (Å²) in [6.45, 7) is 6.19. The quantitative estimate of drug-likeness (QED) is 0.349. The molecule has 0 aliphatic carbocycles. The first-order chi connectivity index (χ1) is 4.77. The summed E-state index contributed by atoms with van der Waals surface area (Å²) in [5.41, 5.74) is 0. The molecule has 1 N–H and O–H groups in total. The van der Waals surface area contributed by atoms with Crippen molar-refractivity contribution in [2.75, 3.05) is 19.8 Å². The molecule has 0 rings (SSSR count). The second-order valence-corrected chi connectivity index (χ2v) is 2.51. The number of hydrogen-bond acceptors (Lipinski definition) is 3. The molecule has 0 aliphatic heterocycles. The number of ether oxygens (including phenoxy) is 1. The SMILES string of the molecule is CC(C)COCCNC#N. The smallest absolute Gasteiger partial charge is 0.176 e. The first kappa shape index (κ1) is 9.25. The number of rotatable bonds is 5. The average Bonchev–Trinajstić information content (AvgIpc) is 1.87. The van der Waals surface area contributed by atoms with E-state index >= 15 is 0 Å². The third-order valence-corrected chi connectivity index (χ3v) is 0.902. The molecule has 0 aromatic heterocycles. The largest absolute Gasteiger partial charge is 0.379 e. The summed E-state index contributed by atoms with van der Waals surface area (Å²) in [5, 5.41) is 10.6. The number of nitrogens with one attached hydrogen (secondary N) is 1. The highest BCUT2D eigenvalue weighted by molar-refractivity contribution is 4.63. The van der Waals surface area contributed by atoms with Crippen molar-refractivity contribution in [1.29, 1.82) is 5.26 Å². The molecule has 0 amide bonds. The van der Waals surface area contributed by atoms with Crippen LogP contribution in [-0.4, -0.2) is 19.8 Å². The van der Waals surface area contributed by atoms with Gasteiger partial charge in [0.15, 0.2) is 6.19 Å². The summed E-state index contributed by atoms with van der Waals surface area (Å²) in [4.78, 5) is 0. The topological polar surface area (TPSA) is 45.0 Å². The molecule has 10 heavy (non-hydrogen) atoms. The van der Waals surface area contributed by atoms with Crippen molar-refractivity contribution in [3.05, 3.63) is 0 Å². The average molecular weight is 142 g/mol. The molecule has 0 unspecified atom stereocenters. The Labute approximate surface area is 62.0 Å². The normalized spacial score (nSPS) is 9.40. The van der Waals surface area contributed by atoms with Crippen molar-refractivity contribution in [3.8, 4) is 6.19 Å². The molecule has 0 atom stereocenters. The Morgan fingerprint density at radius 2 is 2.30 bits per heavy atom. The highest BCUT2D eigenvalue weighted by Gasteiger charge is 1.91. The van der Waals surface area contributed by atoms with E-state index < -0.39 is 0 Å². The Morgan fingerprint density at radius 1 is 1.60 bits per heavy atom. The predicted molar refractivity (Wildman–Crippen MR) is 39.3 cm³/mol. The number of nitrogens with zero attached hydrogens (tertiary/aromatic N) is 1. The van der Waals surface area contributed by atoms with Gasteiger partial charge in [0.25, 0.3) is 0 Å². The van der Waals surface area contributed by atoms with E-state index in [2.05, 4.69) is 19.2 Å². The van der Waals surface area contributed by atoms with E-state index in [9.17, 15) is 0 Å². The van der Waals surface area contributed by atoms with Gasteiger partial charge in [0.1, 0.15) is 0 Å². The van der Waals surface area contributed by atoms with Gasteiger partial charge in [0, 0.05) is 13.2 Å². The standard InChI is InChI=1S/C7H14N2O/c1-7(2)5-10-4-3-9-6-8/h7,9H,3-5H2,1-2H3. The fourth-order valence-electron chi connectivity index (χ4n) is 0.498. The second kappa shape index (κ2) is 6.37. The minimum Gasteiger partial charge on any atom is -0.379 e. The lowest BCUT2D eigenvalue weighted by Gasteiger charge is -2.04. The van der Waals surface area contributed by atoms with Crippen LogP contribution >= 0.6 is 0 Å². The Hall–Kier alpha value is -0.750. The zero-order valence-electron chi connectivity index (χ0n) is 6.55.